The number of nitrogens with zero attached hydrogens (tertiary/aromatic N) is 1. The van der Waals surface area contributed by atoms with Crippen molar-refractivity contribution in [1.29, 1.82) is 0 Å². The number of carbonyl (C=O) groups excluding carboxylic acids is 1. The van der Waals surface area contributed by atoms with E-state index < -0.39 is 0 Å². The van der Waals surface area contributed by atoms with Crippen LogP contribution < -0.4 is 11.1 Å². The highest BCUT2D eigenvalue weighted by molar-refractivity contribution is 5.76. The molecule has 1 amide bonds. The lowest BCUT2D eigenvalue weighted by atomic mass is 9.87. The van der Waals surface area contributed by atoms with Crippen molar-refractivity contribution in [3.8, 4) is 0 Å². The molecule has 1 aliphatic rings. The number of hydrogen-bond donors (Lipinski definition) is 2. The third-order valence-electron chi connectivity index (χ3n) is 3.28. The summed E-state index contributed by atoms with van der Waals surface area (Å²) in [5.41, 5.74) is 6.17. The highest BCUT2D eigenvalue weighted by Gasteiger charge is 2.25. The summed E-state index contributed by atoms with van der Waals surface area (Å²) in [4.78, 5) is 14.0. The summed E-state index contributed by atoms with van der Waals surface area (Å²) in [6, 6.07) is 0.719. The standard InChI is InChI=1S/C14H29N3O/c1-14(2,3)10-11(15)9-13(18)16-7-8-17(4)12-5-6-12/h11-12H,5-10,15H2,1-4H3,(H,16,18). The second-order valence-electron chi connectivity index (χ2n) is 6.79. The Morgan fingerprint density at radius 1 is 1.44 bits per heavy atom. The van der Waals surface area contributed by atoms with Gasteiger partial charge >= 0.3 is 0 Å². The van der Waals surface area contributed by atoms with E-state index in [-0.39, 0.29) is 17.4 Å². The van der Waals surface area contributed by atoms with Crippen molar-refractivity contribution in [3.05, 3.63) is 0 Å². The number of rotatable bonds is 7. The molecule has 0 saturated heterocycles. The zero-order valence-corrected chi connectivity index (χ0v) is 12.3. The first-order valence-corrected chi connectivity index (χ1v) is 7.00. The van der Waals surface area contributed by atoms with Gasteiger partial charge in [0.05, 0.1) is 0 Å². The Labute approximate surface area is 111 Å². The van der Waals surface area contributed by atoms with Gasteiger partial charge in [0, 0.05) is 31.6 Å². The summed E-state index contributed by atoms with van der Waals surface area (Å²) in [7, 11) is 2.12. The van der Waals surface area contributed by atoms with Crippen LogP contribution in [0.15, 0.2) is 0 Å². The Morgan fingerprint density at radius 3 is 2.56 bits per heavy atom. The van der Waals surface area contributed by atoms with Crippen LogP contribution in [0.3, 0.4) is 0 Å². The van der Waals surface area contributed by atoms with Gasteiger partial charge in [0.1, 0.15) is 0 Å². The first-order chi connectivity index (χ1) is 8.28. The van der Waals surface area contributed by atoms with E-state index in [4.69, 9.17) is 5.73 Å². The minimum atomic E-state index is -0.0360. The SMILES string of the molecule is CN(CCNC(=O)CC(N)CC(C)(C)C)C1CC1. The van der Waals surface area contributed by atoms with Crippen molar-refractivity contribution >= 4 is 5.91 Å². The van der Waals surface area contributed by atoms with Gasteiger partial charge in [-0.2, -0.15) is 0 Å². The molecule has 0 aliphatic heterocycles. The molecule has 0 bridgehead atoms. The number of amides is 1. The molecule has 1 atom stereocenters. The molecule has 1 fully saturated rings. The zero-order valence-electron chi connectivity index (χ0n) is 12.3. The van der Waals surface area contributed by atoms with Crippen LogP contribution in [-0.2, 0) is 4.79 Å². The van der Waals surface area contributed by atoms with E-state index in [9.17, 15) is 4.79 Å². The lowest BCUT2D eigenvalue weighted by Gasteiger charge is -2.23. The third-order valence-corrected chi connectivity index (χ3v) is 3.28. The first-order valence-electron chi connectivity index (χ1n) is 7.00. The van der Waals surface area contributed by atoms with E-state index >= 15 is 0 Å². The largest absolute Gasteiger partial charge is 0.355 e. The summed E-state index contributed by atoms with van der Waals surface area (Å²) < 4.78 is 0. The molecule has 0 aromatic carbocycles. The van der Waals surface area contributed by atoms with Gasteiger partial charge in [0.15, 0.2) is 0 Å². The van der Waals surface area contributed by atoms with Gasteiger partial charge in [0.2, 0.25) is 5.91 Å². The summed E-state index contributed by atoms with van der Waals surface area (Å²) in [6.07, 6.45) is 3.93. The molecule has 1 rings (SSSR count). The van der Waals surface area contributed by atoms with Gasteiger partial charge in [-0.15, -0.1) is 0 Å². The molecular formula is C14H29N3O. The number of nitrogens with two attached hydrogens (primary N) is 1. The van der Waals surface area contributed by atoms with E-state index in [2.05, 4.69) is 38.0 Å². The Hall–Kier alpha value is -0.610. The van der Waals surface area contributed by atoms with Crippen molar-refractivity contribution in [3.63, 3.8) is 0 Å². The van der Waals surface area contributed by atoms with Gasteiger partial charge < -0.3 is 16.0 Å². The predicted molar refractivity (Wildman–Crippen MR) is 75.3 cm³/mol. The normalized spacial score (nSPS) is 17.9. The lowest BCUT2D eigenvalue weighted by Crippen LogP contribution is -2.37. The molecule has 1 saturated carbocycles. The number of likely N-dealkylation sites (N-methyl/N-ethyl adjacent to an activating group) is 1. The van der Waals surface area contributed by atoms with Crippen molar-refractivity contribution in [2.24, 2.45) is 11.1 Å². The van der Waals surface area contributed by atoms with Crippen LogP contribution in [0.25, 0.3) is 0 Å². The topological polar surface area (TPSA) is 58.4 Å². The molecule has 4 heteroatoms. The fraction of sp³-hybridized carbons (Fsp3) is 0.929. The lowest BCUT2D eigenvalue weighted by molar-refractivity contribution is -0.121. The summed E-state index contributed by atoms with van der Waals surface area (Å²) in [6.45, 7) is 8.11. The van der Waals surface area contributed by atoms with Crippen molar-refractivity contribution in [2.75, 3.05) is 20.1 Å². The summed E-state index contributed by atoms with van der Waals surface area (Å²) in [5.74, 6) is 0.0796. The predicted octanol–water partition coefficient (Wildman–Crippen LogP) is 1.35. The van der Waals surface area contributed by atoms with E-state index in [1.165, 1.54) is 12.8 Å². The minimum absolute atomic E-state index is 0.0360. The van der Waals surface area contributed by atoms with E-state index in [1.54, 1.807) is 0 Å². The molecule has 0 heterocycles. The molecular weight excluding hydrogens is 226 g/mol. The van der Waals surface area contributed by atoms with Gasteiger partial charge in [-0.05, 0) is 31.7 Å². The molecule has 4 nitrogen and oxygen atoms in total. The molecule has 0 aromatic rings. The molecule has 1 aliphatic carbocycles. The molecule has 0 aromatic heterocycles. The van der Waals surface area contributed by atoms with E-state index in [0.29, 0.717) is 6.42 Å². The molecule has 106 valence electrons. The van der Waals surface area contributed by atoms with Crippen LogP contribution in [-0.4, -0.2) is 43.0 Å². The van der Waals surface area contributed by atoms with Crippen molar-refractivity contribution in [1.82, 2.24) is 10.2 Å². The van der Waals surface area contributed by atoms with Crippen LogP contribution >= 0.6 is 0 Å². The average Bonchev–Trinajstić information content (AvgIpc) is 2.96. The van der Waals surface area contributed by atoms with Crippen LogP contribution in [0.2, 0.25) is 0 Å². The van der Waals surface area contributed by atoms with Crippen LogP contribution in [0.5, 0.6) is 0 Å². The highest BCUT2D eigenvalue weighted by atomic mass is 16.1. The molecule has 0 radical (unpaired) electrons. The third kappa shape index (κ3) is 6.97. The number of hydrogen-bond acceptors (Lipinski definition) is 3. The molecule has 3 N–H and O–H groups in total. The summed E-state index contributed by atoms with van der Waals surface area (Å²) >= 11 is 0. The second kappa shape index (κ2) is 6.53. The fourth-order valence-electron chi connectivity index (χ4n) is 2.24. The second-order valence-corrected chi connectivity index (χ2v) is 6.79. The Balaban J connectivity index is 2.09. The number of carbonyl (C=O) groups is 1. The highest BCUT2D eigenvalue weighted by Crippen LogP contribution is 2.24. The Morgan fingerprint density at radius 2 is 2.06 bits per heavy atom. The van der Waals surface area contributed by atoms with E-state index in [1.807, 2.05) is 0 Å². The average molecular weight is 255 g/mol. The molecule has 18 heavy (non-hydrogen) atoms. The van der Waals surface area contributed by atoms with Gasteiger partial charge in [-0.25, -0.2) is 0 Å². The Bertz CT molecular complexity index is 269. The van der Waals surface area contributed by atoms with Gasteiger partial charge in [0.25, 0.3) is 0 Å². The maximum Gasteiger partial charge on any atom is 0.221 e. The van der Waals surface area contributed by atoms with E-state index in [0.717, 1.165) is 25.6 Å². The minimum Gasteiger partial charge on any atom is -0.355 e. The number of nitrogens with one attached hydrogen (secondary N) is 1. The zero-order chi connectivity index (χ0) is 13.8. The molecule has 1 unspecified atom stereocenters. The van der Waals surface area contributed by atoms with Crippen molar-refractivity contribution in [2.45, 2.75) is 58.5 Å². The van der Waals surface area contributed by atoms with Crippen LogP contribution in [0, 0.1) is 5.41 Å². The van der Waals surface area contributed by atoms with Gasteiger partial charge in [-0.3, -0.25) is 4.79 Å². The summed E-state index contributed by atoms with van der Waals surface area (Å²) in [5, 5.41) is 2.95. The maximum atomic E-state index is 11.7. The smallest absolute Gasteiger partial charge is 0.221 e. The fourth-order valence-corrected chi connectivity index (χ4v) is 2.24. The first kappa shape index (κ1) is 15.4. The Kier molecular flexibility index (Phi) is 5.60. The maximum absolute atomic E-state index is 11.7. The molecule has 0 spiro atoms. The van der Waals surface area contributed by atoms with Crippen molar-refractivity contribution < 1.29 is 4.79 Å². The quantitative estimate of drug-likeness (QED) is 0.722. The van der Waals surface area contributed by atoms with Gasteiger partial charge in [-0.1, -0.05) is 20.8 Å². The monoisotopic (exact) mass is 255 g/mol. The van der Waals surface area contributed by atoms with Crippen LogP contribution in [0.1, 0.15) is 46.5 Å². The van der Waals surface area contributed by atoms with Crippen LogP contribution in [0.4, 0.5) is 0 Å².